The average Bonchev–Trinajstić information content (AvgIpc) is 2.89. The highest BCUT2D eigenvalue weighted by Gasteiger charge is 2.16. The summed E-state index contributed by atoms with van der Waals surface area (Å²) in [4.78, 5) is 7.67. The van der Waals surface area contributed by atoms with Crippen LogP contribution in [0.4, 0.5) is 4.39 Å². The number of H-pyrrole nitrogens is 1. The predicted octanol–water partition coefficient (Wildman–Crippen LogP) is 4.34. The van der Waals surface area contributed by atoms with E-state index >= 15 is 0 Å². The van der Waals surface area contributed by atoms with Crippen LogP contribution in [0.3, 0.4) is 0 Å². The SMILES string of the molecule is Fc1ccccc1-c1cnc(CC2CCCCC2)[nH]1. The van der Waals surface area contributed by atoms with Gasteiger partial charge in [-0.2, -0.15) is 0 Å². The lowest BCUT2D eigenvalue weighted by molar-refractivity contribution is 0.352. The van der Waals surface area contributed by atoms with Crippen LogP contribution in [0.2, 0.25) is 0 Å². The second-order valence-corrected chi connectivity index (χ2v) is 5.43. The zero-order valence-corrected chi connectivity index (χ0v) is 11.0. The molecule has 0 spiro atoms. The summed E-state index contributed by atoms with van der Waals surface area (Å²) in [5.74, 6) is 1.54. The normalized spacial score (nSPS) is 16.7. The van der Waals surface area contributed by atoms with Gasteiger partial charge in [-0.1, -0.05) is 44.2 Å². The maximum absolute atomic E-state index is 13.7. The smallest absolute Gasteiger partial charge is 0.132 e. The lowest BCUT2D eigenvalue weighted by Gasteiger charge is -2.20. The summed E-state index contributed by atoms with van der Waals surface area (Å²) in [6, 6.07) is 6.82. The van der Waals surface area contributed by atoms with Gasteiger partial charge in [0.2, 0.25) is 0 Å². The summed E-state index contributed by atoms with van der Waals surface area (Å²) in [7, 11) is 0. The zero-order chi connectivity index (χ0) is 13.1. The molecule has 3 rings (SSSR count). The Kier molecular flexibility index (Phi) is 3.62. The fourth-order valence-electron chi connectivity index (χ4n) is 2.95. The van der Waals surface area contributed by atoms with Crippen molar-refractivity contribution in [3.63, 3.8) is 0 Å². The van der Waals surface area contributed by atoms with Crippen LogP contribution in [-0.2, 0) is 6.42 Å². The molecule has 1 aromatic heterocycles. The molecule has 3 heteroatoms. The highest BCUT2D eigenvalue weighted by atomic mass is 19.1. The van der Waals surface area contributed by atoms with Gasteiger partial charge in [0.05, 0.1) is 11.9 Å². The van der Waals surface area contributed by atoms with E-state index < -0.39 is 0 Å². The number of hydrogen-bond acceptors (Lipinski definition) is 1. The Morgan fingerprint density at radius 2 is 1.95 bits per heavy atom. The fraction of sp³-hybridized carbons (Fsp3) is 0.438. The molecule has 0 radical (unpaired) electrons. The second kappa shape index (κ2) is 5.55. The van der Waals surface area contributed by atoms with Crippen molar-refractivity contribution in [3.8, 4) is 11.3 Å². The number of aromatic amines is 1. The minimum atomic E-state index is -0.199. The van der Waals surface area contributed by atoms with Crippen LogP contribution in [0, 0.1) is 11.7 Å². The molecule has 1 saturated carbocycles. The van der Waals surface area contributed by atoms with Crippen LogP contribution in [0.5, 0.6) is 0 Å². The van der Waals surface area contributed by atoms with Crippen molar-refractivity contribution in [3.05, 3.63) is 42.1 Å². The monoisotopic (exact) mass is 258 g/mol. The van der Waals surface area contributed by atoms with Gasteiger partial charge in [-0.25, -0.2) is 9.37 Å². The molecule has 0 atom stereocenters. The third kappa shape index (κ3) is 2.86. The predicted molar refractivity (Wildman–Crippen MR) is 74.3 cm³/mol. The number of halogens is 1. The largest absolute Gasteiger partial charge is 0.342 e. The van der Waals surface area contributed by atoms with Gasteiger partial charge in [-0.05, 0) is 18.1 Å². The third-order valence-electron chi connectivity index (χ3n) is 4.00. The Balaban J connectivity index is 1.74. The molecule has 100 valence electrons. The van der Waals surface area contributed by atoms with Gasteiger partial charge in [0.1, 0.15) is 11.6 Å². The lowest BCUT2D eigenvalue weighted by Crippen LogP contribution is -2.10. The van der Waals surface area contributed by atoms with Crippen LogP contribution >= 0.6 is 0 Å². The van der Waals surface area contributed by atoms with Crippen molar-refractivity contribution in [1.82, 2.24) is 9.97 Å². The van der Waals surface area contributed by atoms with E-state index in [1.165, 1.54) is 38.2 Å². The summed E-state index contributed by atoms with van der Waals surface area (Å²) in [5, 5.41) is 0. The number of rotatable bonds is 3. The van der Waals surface area contributed by atoms with Crippen molar-refractivity contribution < 1.29 is 4.39 Å². The number of nitrogens with zero attached hydrogens (tertiary/aromatic N) is 1. The maximum Gasteiger partial charge on any atom is 0.132 e. The first kappa shape index (κ1) is 12.4. The molecule has 1 fully saturated rings. The van der Waals surface area contributed by atoms with E-state index in [0.717, 1.165) is 23.9 Å². The minimum Gasteiger partial charge on any atom is -0.342 e. The van der Waals surface area contributed by atoms with Crippen molar-refractivity contribution in [1.29, 1.82) is 0 Å². The van der Waals surface area contributed by atoms with E-state index in [1.54, 1.807) is 18.3 Å². The van der Waals surface area contributed by atoms with Crippen LogP contribution in [0.15, 0.2) is 30.5 Å². The molecule has 0 aliphatic heterocycles. The number of aromatic nitrogens is 2. The summed E-state index contributed by atoms with van der Waals surface area (Å²) < 4.78 is 13.7. The Labute approximate surface area is 113 Å². The molecule has 1 aliphatic carbocycles. The Hall–Kier alpha value is -1.64. The van der Waals surface area contributed by atoms with Gasteiger partial charge in [-0.3, -0.25) is 0 Å². The van der Waals surface area contributed by atoms with Crippen LogP contribution in [-0.4, -0.2) is 9.97 Å². The summed E-state index contributed by atoms with van der Waals surface area (Å²) in [5.41, 5.74) is 1.38. The Bertz CT molecular complexity index is 541. The quantitative estimate of drug-likeness (QED) is 0.871. The standard InChI is InChI=1S/C16H19FN2/c17-14-9-5-4-8-13(14)15-11-18-16(19-15)10-12-6-2-1-3-7-12/h4-5,8-9,11-12H,1-3,6-7,10H2,(H,18,19). The van der Waals surface area contributed by atoms with Crippen LogP contribution in [0.25, 0.3) is 11.3 Å². The number of nitrogens with one attached hydrogen (secondary N) is 1. The first-order valence-corrected chi connectivity index (χ1v) is 7.12. The summed E-state index contributed by atoms with van der Waals surface area (Å²) in [6.07, 6.45) is 9.39. The second-order valence-electron chi connectivity index (χ2n) is 5.43. The van der Waals surface area contributed by atoms with Crippen LogP contribution in [0.1, 0.15) is 37.9 Å². The molecule has 0 amide bonds. The molecule has 0 unspecified atom stereocenters. The molecular formula is C16H19FN2. The number of benzene rings is 1. The molecular weight excluding hydrogens is 239 g/mol. The Morgan fingerprint density at radius 1 is 1.16 bits per heavy atom. The first-order valence-electron chi connectivity index (χ1n) is 7.12. The topological polar surface area (TPSA) is 28.7 Å². The fourth-order valence-corrected chi connectivity index (χ4v) is 2.95. The maximum atomic E-state index is 13.7. The first-order chi connectivity index (χ1) is 9.33. The summed E-state index contributed by atoms with van der Waals surface area (Å²) in [6.45, 7) is 0. The van der Waals surface area contributed by atoms with E-state index in [4.69, 9.17) is 0 Å². The highest BCUT2D eigenvalue weighted by Crippen LogP contribution is 2.27. The van der Waals surface area contributed by atoms with Gasteiger partial charge in [0.15, 0.2) is 0 Å². The molecule has 1 aromatic carbocycles. The molecule has 2 nitrogen and oxygen atoms in total. The molecule has 1 aliphatic rings. The molecule has 1 N–H and O–H groups in total. The van der Waals surface area contributed by atoms with Crippen molar-refractivity contribution in [2.24, 2.45) is 5.92 Å². The van der Waals surface area contributed by atoms with Gasteiger partial charge in [0.25, 0.3) is 0 Å². The zero-order valence-electron chi connectivity index (χ0n) is 11.0. The average molecular weight is 258 g/mol. The molecule has 0 bridgehead atoms. The number of imidazole rings is 1. The lowest BCUT2D eigenvalue weighted by atomic mass is 9.87. The highest BCUT2D eigenvalue weighted by molar-refractivity contribution is 5.59. The van der Waals surface area contributed by atoms with Crippen LogP contribution < -0.4 is 0 Å². The summed E-state index contributed by atoms with van der Waals surface area (Å²) >= 11 is 0. The van der Waals surface area contributed by atoms with Gasteiger partial charge in [0, 0.05) is 12.0 Å². The van der Waals surface area contributed by atoms with Gasteiger partial charge < -0.3 is 4.98 Å². The molecule has 0 saturated heterocycles. The van der Waals surface area contributed by atoms with E-state index in [-0.39, 0.29) is 5.82 Å². The number of hydrogen-bond donors (Lipinski definition) is 1. The van der Waals surface area contributed by atoms with Crippen molar-refractivity contribution in [2.45, 2.75) is 38.5 Å². The Morgan fingerprint density at radius 3 is 2.74 bits per heavy atom. The van der Waals surface area contributed by atoms with E-state index in [1.807, 2.05) is 6.07 Å². The third-order valence-corrected chi connectivity index (χ3v) is 4.00. The van der Waals surface area contributed by atoms with Gasteiger partial charge >= 0.3 is 0 Å². The van der Waals surface area contributed by atoms with E-state index in [2.05, 4.69) is 9.97 Å². The van der Waals surface area contributed by atoms with E-state index in [0.29, 0.717) is 5.56 Å². The van der Waals surface area contributed by atoms with E-state index in [9.17, 15) is 4.39 Å². The molecule has 2 aromatic rings. The van der Waals surface area contributed by atoms with Crippen molar-refractivity contribution >= 4 is 0 Å². The van der Waals surface area contributed by atoms with Crippen molar-refractivity contribution in [2.75, 3.05) is 0 Å². The minimum absolute atomic E-state index is 0.199. The van der Waals surface area contributed by atoms with Gasteiger partial charge in [-0.15, -0.1) is 0 Å². The molecule has 19 heavy (non-hydrogen) atoms. The molecule has 1 heterocycles.